The Kier molecular flexibility index (Phi) is 2.65. The molecule has 0 aliphatic rings. The number of hydrogen-bond donors (Lipinski definition) is 0. The van der Waals surface area contributed by atoms with Gasteiger partial charge in [-0.1, -0.05) is 0 Å². The minimum Gasteiger partial charge on any atom is -0.481 e. The maximum Gasteiger partial charge on any atom is 0.213 e. The summed E-state index contributed by atoms with van der Waals surface area (Å²) in [5.41, 5.74) is 1.82. The lowest BCUT2D eigenvalue weighted by Crippen LogP contribution is -1.93. The SMILES string of the molecule is COc1cc(C)cc(CC#N)n1. The molecule has 0 fully saturated rings. The molecule has 1 aromatic heterocycles. The summed E-state index contributed by atoms with van der Waals surface area (Å²) in [7, 11) is 1.57. The Bertz CT molecular complexity index is 315. The van der Waals surface area contributed by atoms with Gasteiger partial charge in [0.05, 0.1) is 25.3 Å². The first-order chi connectivity index (χ1) is 5.76. The molecule has 0 saturated heterocycles. The van der Waals surface area contributed by atoms with E-state index in [1.807, 2.05) is 25.1 Å². The van der Waals surface area contributed by atoms with E-state index in [0.29, 0.717) is 12.3 Å². The molecule has 1 aromatic rings. The number of nitrogens with zero attached hydrogens (tertiary/aromatic N) is 2. The summed E-state index contributed by atoms with van der Waals surface area (Å²) in [6.45, 7) is 1.95. The van der Waals surface area contributed by atoms with Crippen molar-refractivity contribution in [2.75, 3.05) is 7.11 Å². The van der Waals surface area contributed by atoms with Crippen LogP contribution in [-0.4, -0.2) is 12.1 Å². The Morgan fingerprint density at radius 2 is 2.33 bits per heavy atom. The molecular weight excluding hydrogens is 152 g/mol. The summed E-state index contributed by atoms with van der Waals surface area (Å²) < 4.78 is 4.96. The van der Waals surface area contributed by atoms with Gasteiger partial charge in [0.25, 0.3) is 0 Å². The van der Waals surface area contributed by atoms with Gasteiger partial charge in [0.15, 0.2) is 0 Å². The van der Waals surface area contributed by atoms with Crippen molar-refractivity contribution in [3.8, 4) is 11.9 Å². The van der Waals surface area contributed by atoms with E-state index in [1.165, 1.54) is 0 Å². The fourth-order valence-electron chi connectivity index (χ4n) is 0.981. The number of methoxy groups -OCH3 is 1. The average Bonchev–Trinajstić information content (AvgIpc) is 2.04. The van der Waals surface area contributed by atoms with Crippen LogP contribution in [0.1, 0.15) is 11.3 Å². The lowest BCUT2D eigenvalue weighted by molar-refractivity contribution is 0.396. The molecule has 0 aliphatic carbocycles. The van der Waals surface area contributed by atoms with Crippen molar-refractivity contribution in [1.29, 1.82) is 5.26 Å². The third-order valence-corrected chi connectivity index (χ3v) is 1.47. The lowest BCUT2D eigenvalue weighted by atomic mass is 10.2. The van der Waals surface area contributed by atoms with E-state index >= 15 is 0 Å². The highest BCUT2D eigenvalue weighted by molar-refractivity contribution is 5.25. The van der Waals surface area contributed by atoms with Gasteiger partial charge in [0.1, 0.15) is 0 Å². The van der Waals surface area contributed by atoms with Crippen molar-refractivity contribution in [1.82, 2.24) is 4.98 Å². The van der Waals surface area contributed by atoms with Gasteiger partial charge < -0.3 is 4.74 Å². The van der Waals surface area contributed by atoms with Crippen molar-refractivity contribution in [3.63, 3.8) is 0 Å². The lowest BCUT2D eigenvalue weighted by Gasteiger charge is -2.01. The third-order valence-electron chi connectivity index (χ3n) is 1.47. The number of rotatable bonds is 2. The molecule has 0 spiro atoms. The highest BCUT2D eigenvalue weighted by Crippen LogP contribution is 2.11. The average molecular weight is 162 g/mol. The van der Waals surface area contributed by atoms with Crippen LogP contribution in [0, 0.1) is 18.3 Å². The van der Waals surface area contributed by atoms with Gasteiger partial charge in [-0.05, 0) is 18.6 Å². The normalized spacial score (nSPS) is 9.08. The van der Waals surface area contributed by atoms with Crippen LogP contribution in [0.2, 0.25) is 0 Å². The van der Waals surface area contributed by atoms with E-state index in [0.717, 1.165) is 11.3 Å². The Balaban J connectivity index is 2.99. The van der Waals surface area contributed by atoms with Crippen LogP contribution in [0.15, 0.2) is 12.1 Å². The summed E-state index contributed by atoms with van der Waals surface area (Å²) in [5.74, 6) is 0.570. The van der Waals surface area contributed by atoms with E-state index in [4.69, 9.17) is 10.00 Å². The molecule has 0 N–H and O–H groups in total. The van der Waals surface area contributed by atoms with Gasteiger partial charge in [-0.3, -0.25) is 0 Å². The highest BCUT2D eigenvalue weighted by atomic mass is 16.5. The molecule has 0 atom stereocenters. The maximum atomic E-state index is 8.44. The first kappa shape index (κ1) is 8.54. The fraction of sp³-hybridized carbons (Fsp3) is 0.333. The second kappa shape index (κ2) is 3.72. The number of ether oxygens (including phenoxy) is 1. The zero-order valence-electron chi connectivity index (χ0n) is 7.16. The number of hydrogen-bond acceptors (Lipinski definition) is 3. The molecular formula is C9H10N2O. The Hall–Kier alpha value is -1.56. The van der Waals surface area contributed by atoms with Crippen molar-refractivity contribution in [3.05, 3.63) is 23.4 Å². The van der Waals surface area contributed by atoms with Gasteiger partial charge in [0, 0.05) is 6.07 Å². The largest absolute Gasteiger partial charge is 0.481 e. The Morgan fingerprint density at radius 3 is 2.92 bits per heavy atom. The van der Waals surface area contributed by atoms with Crippen LogP contribution in [0.3, 0.4) is 0 Å². The molecule has 3 nitrogen and oxygen atoms in total. The van der Waals surface area contributed by atoms with E-state index in [-0.39, 0.29) is 0 Å². The highest BCUT2D eigenvalue weighted by Gasteiger charge is 1.98. The molecule has 1 heterocycles. The predicted octanol–water partition coefficient (Wildman–Crippen LogP) is 1.46. The smallest absolute Gasteiger partial charge is 0.213 e. The Morgan fingerprint density at radius 1 is 1.58 bits per heavy atom. The molecule has 0 unspecified atom stereocenters. The van der Waals surface area contributed by atoms with Crippen molar-refractivity contribution >= 4 is 0 Å². The first-order valence-electron chi connectivity index (χ1n) is 3.65. The summed E-state index contributed by atoms with van der Waals surface area (Å²) in [5, 5.41) is 8.44. The molecule has 62 valence electrons. The molecule has 0 bridgehead atoms. The number of pyridine rings is 1. The topological polar surface area (TPSA) is 45.9 Å². The minimum absolute atomic E-state index is 0.331. The molecule has 0 saturated carbocycles. The van der Waals surface area contributed by atoms with Gasteiger partial charge >= 0.3 is 0 Å². The van der Waals surface area contributed by atoms with Crippen LogP contribution in [0.25, 0.3) is 0 Å². The minimum atomic E-state index is 0.331. The number of nitriles is 1. The van der Waals surface area contributed by atoms with E-state index in [9.17, 15) is 0 Å². The fourth-order valence-corrected chi connectivity index (χ4v) is 0.981. The molecule has 0 aliphatic heterocycles. The number of aryl methyl sites for hydroxylation is 1. The zero-order chi connectivity index (χ0) is 8.97. The van der Waals surface area contributed by atoms with Crippen molar-refractivity contribution in [2.24, 2.45) is 0 Å². The standard InChI is InChI=1S/C9H10N2O/c1-7-5-8(3-4-10)11-9(6-7)12-2/h5-6H,3H2,1-2H3. The Labute approximate surface area is 71.6 Å². The molecule has 0 amide bonds. The molecule has 1 rings (SSSR count). The first-order valence-corrected chi connectivity index (χ1v) is 3.65. The molecule has 3 heteroatoms. The van der Waals surface area contributed by atoms with E-state index in [2.05, 4.69) is 4.98 Å². The quantitative estimate of drug-likeness (QED) is 0.661. The second-order valence-corrected chi connectivity index (χ2v) is 2.51. The van der Waals surface area contributed by atoms with Gasteiger partial charge in [0.2, 0.25) is 5.88 Å². The van der Waals surface area contributed by atoms with E-state index < -0.39 is 0 Å². The van der Waals surface area contributed by atoms with Crippen LogP contribution in [0.5, 0.6) is 5.88 Å². The van der Waals surface area contributed by atoms with Crippen molar-refractivity contribution in [2.45, 2.75) is 13.3 Å². The van der Waals surface area contributed by atoms with E-state index in [1.54, 1.807) is 7.11 Å². The monoisotopic (exact) mass is 162 g/mol. The summed E-state index contributed by atoms with van der Waals surface area (Å²) in [4.78, 5) is 4.10. The van der Waals surface area contributed by atoms with Gasteiger partial charge in [-0.25, -0.2) is 4.98 Å². The third kappa shape index (κ3) is 1.96. The summed E-state index contributed by atoms with van der Waals surface area (Å²) >= 11 is 0. The van der Waals surface area contributed by atoms with Gasteiger partial charge in [-0.2, -0.15) is 5.26 Å². The van der Waals surface area contributed by atoms with Crippen LogP contribution in [-0.2, 0) is 6.42 Å². The van der Waals surface area contributed by atoms with Crippen LogP contribution >= 0.6 is 0 Å². The zero-order valence-corrected chi connectivity index (χ0v) is 7.16. The van der Waals surface area contributed by atoms with Crippen molar-refractivity contribution < 1.29 is 4.74 Å². The molecule has 0 radical (unpaired) electrons. The van der Waals surface area contributed by atoms with Crippen LogP contribution < -0.4 is 4.74 Å². The maximum absolute atomic E-state index is 8.44. The number of aromatic nitrogens is 1. The second-order valence-electron chi connectivity index (χ2n) is 2.51. The van der Waals surface area contributed by atoms with Gasteiger partial charge in [-0.15, -0.1) is 0 Å². The summed E-state index contributed by atoms with van der Waals surface area (Å²) in [6.07, 6.45) is 0.331. The summed E-state index contributed by atoms with van der Waals surface area (Å²) in [6, 6.07) is 5.76. The van der Waals surface area contributed by atoms with Crippen LogP contribution in [0.4, 0.5) is 0 Å². The molecule has 12 heavy (non-hydrogen) atoms. The predicted molar refractivity (Wildman–Crippen MR) is 44.8 cm³/mol. The molecule has 0 aromatic carbocycles.